The lowest BCUT2D eigenvalue weighted by Gasteiger charge is -2.09. The maximum absolute atomic E-state index is 13.0. The van der Waals surface area contributed by atoms with Gasteiger partial charge in [-0.2, -0.15) is 8.42 Å². The maximum Gasteiger partial charge on any atom is 0.284 e. The van der Waals surface area contributed by atoms with Crippen LogP contribution in [0.15, 0.2) is 76.5 Å². The van der Waals surface area contributed by atoms with Crippen molar-refractivity contribution in [2.24, 2.45) is 0 Å². The van der Waals surface area contributed by atoms with Crippen LogP contribution in [0.3, 0.4) is 0 Å². The third kappa shape index (κ3) is 3.55. The zero-order valence-electron chi connectivity index (χ0n) is 16.1. The summed E-state index contributed by atoms with van der Waals surface area (Å²) >= 11 is 0. The van der Waals surface area contributed by atoms with Gasteiger partial charge >= 0.3 is 0 Å². The Labute approximate surface area is 174 Å². The van der Waals surface area contributed by atoms with E-state index in [1.54, 1.807) is 30.3 Å². The fraction of sp³-hybridized carbons (Fsp3) is 0.100. The fourth-order valence-corrected chi connectivity index (χ4v) is 5.20. The van der Waals surface area contributed by atoms with E-state index in [-0.39, 0.29) is 26.5 Å². The molecule has 4 aromatic rings. The smallest absolute Gasteiger partial charge is 0.277 e. The van der Waals surface area contributed by atoms with E-state index in [0.717, 1.165) is 15.2 Å². The maximum atomic E-state index is 13.0. The van der Waals surface area contributed by atoms with Gasteiger partial charge in [-0.3, -0.25) is 4.72 Å². The Morgan fingerprint density at radius 2 is 1.33 bits per heavy atom. The van der Waals surface area contributed by atoms with Gasteiger partial charge in [-0.05, 0) is 50.2 Å². The normalized spacial score (nSPS) is 12.2. The zero-order valence-corrected chi connectivity index (χ0v) is 17.8. The van der Waals surface area contributed by atoms with Crippen molar-refractivity contribution in [3.63, 3.8) is 0 Å². The average molecular weight is 443 g/mol. The number of aryl methyl sites for hydroxylation is 2. The minimum atomic E-state index is -3.99. The zero-order chi connectivity index (χ0) is 21.5. The second-order valence-electron chi connectivity index (χ2n) is 6.84. The van der Waals surface area contributed by atoms with Crippen molar-refractivity contribution in [1.82, 2.24) is 14.4 Å². The third-order valence-corrected chi connectivity index (χ3v) is 7.54. The van der Waals surface area contributed by atoms with E-state index in [2.05, 4.69) is 15.0 Å². The molecule has 1 aromatic heterocycles. The highest BCUT2D eigenvalue weighted by Crippen LogP contribution is 2.26. The van der Waals surface area contributed by atoms with Gasteiger partial charge in [-0.1, -0.05) is 46.7 Å². The number of aromatic nitrogens is 3. The lowest BCUT2D eigenvalue weighted by atomic mass is 10.2. The molecule has 3 aromatic carbocycles. The average Bonchev–Trinajstić information content (AvgIpc) is 3.14. The second kappa shape index (κ2) is 7.22. The van der Waals surface area contributed by atoms with Crippen LogP contribution in [0, 0.1) is 13.8 Å². The molecule has 0 amide bonds. The summed E-state index contributed by atoms with van der Waals surface area (Å²) in [5.41, 5.74) is 2.28. The third-order valence-electron chi connectivity index (χ3n) is 4.57. The quantitative estimate of drug-likeness (QED) is 0.508. The number of hydrogen-bond acceptors (Lipinski definition) is 6. The van der Waals surface area contributed by atoms with Crippen LogP contribution < -0.4 is 4.72 Å². The monoisotopic (exact) mass is 442 g/mol. The van der Waals surface area contributed by atoms with Crippen LogP contribution in [0.5, 0.6) is 0 Å². The number of hydrogen-bond donors (Lipinski definition) is 1. The standard InChI is InChI=1S/C20H18N4O4S2/c1-14-6-10-16(11-7-14)29(25,26)22-18-4-3-5-19-20(18)21-23-24(19)30(27,28)17-12-8-15(2)9-13-17/h3-13,22H,1-2H3. The first-order valence-electron chi connectivity index (χ1n) is 8.95. The molecule has 0 radical (unpaired) electrons. The van der Waals surface area contributed by atoms with Crippen LogP contribution >= 0.6 is 0 Å². The molecule has 0 fully saturated rings. The van der Waals surface area contributed by atoms with Gasteiger partial charge in [0.25, 0.3) is 20.0 Å². The molecule has 0 aliphatic heterocycles. The van der Waals surface area contributed by atoms with Gasteiger partial charge in [0.2, 0.25) is 0 Å². The van der Waals surface area contributed by atoms with Gasteiger partial charge in [0.15, 0.2) is 0 Å². The Balaban J connectivity index is 1.77. The molecule has 8 nitrogen and oxygen atoms in total. The molecular weight excluding hydrogens is 424 g/mol. The summed E-state index contributed by atoms with van der Waals surface area (Å²) in [5.74, 6) is 0. The molecule has 0 unspecified atom stereocenters. The van der Waals surface area contributed by atoms with Gasteiger partial charge in [0, 0.05) is 0 Å². The van der Waals surface area contributed by atoms with E-state index in [0.29, 0.717) is 0 Å². The fourth-order valence-electron chi connectivity index (χ4n) is 2.92. The molecular formula is C20H18N4O4S2. The number of nitrogens with one attached hydrogen (secondary N) is 1. The van der Waals surface area contributed by atoms with Crippen molar-refractivity contribution >= 4 is 36.8 Å². The Bertz CT molecular complexity index is 1440. The van der Waals surface area contributed by atoms with E-state index in [4.69, 9.17) is 0 Å². The summed E-state index contributed by atoms with van der Waals surface area (Å²) in [6, 6.07) is 17.3. The highest BCUT2D eigenvalue weighted by Gasteiger charge is 2.23. The molecule has 0 saturated carbocycles. The van der Waals surface area contributed by atoms with Gasteiger partial charge < -0.3 is 0 Å². The summed E-state index contributed by atoms with van der Waals surface area (Å²) in [4.78, 5) is 0.148. The molecule has 0 aliphatic carbocycles. The van der Waals surface area contributed by atoms with Crippen LogP contribution in [-0.2, 0) is 20.0 Å². The molecule has 4 rings (SSSR count). The highest BCUT2D eigenvalue weighted by atomic mass is 32.2. The van der Waals surface area contributed by atoms with Gasteiger partial charge in [-0.15, -0.1) is 9.19 Å². The number of nitrogens with zero attached hydrogens (tertiary/aromatic N) is 3. The first-order chi connectivity index (χ1) is 14.2. The molecule has 0 spiro atoms. The first kappa shape index (κ1) is 20.0. The molecule has 0 bridgehead atoms. The van der Waals surface area contributed by atoms with Crippen molar-refractivity contribution < 1.29 is 16.8 Å². The van der Waals surface area contributed by atoms with Gasteiger partial charge in [-0.25, -0.2) is 8.42 Å². The number of fused-ring (bicyclic) bond motifs is 1. The van der Waals surface area contributed by atoms with Gasteiger partial charge in [0.1, 0.15) is 11.0 Å². The molecule has 0 atom stereocenters. The second-order valence-corrected chi connectivity index (χ2v) is 10.3. The Morgan fingerprint density at radius 3 is 1.93 bits per heavy atom. The van der Waals surface area contributed by atoms with E-state index in [9.17, 15) is 16.8 Å². The summed E-state index contributed by atoms with van der Waals surface area (Å²) in [6.07, 6.45) is 0. The SMILES string of the molecule is Cc1ccc(S(=O)(=O)Nc2cccc3c2nnn3S(=O)(=O)c2ccc(C)cc2)cc1. The number of sulfonamides is 1. The predicted molar refractivity (Wildman–Crippen MR) is 113 cm³/mol. The molecule has 10 heteroatoms. The minimum Gasteiger partial charge on any atom is -0.277 e. The Kier molecular flexibility index (Phi) is 4.83. The highest BCUT2D eigenvalue weighted by molar-refractivity contribution is 7.92. The van der Waals surface area contributed by atoms with Crippen molar-refractivity contribution in [2.45, 2.75) is 23.6 Å². The lowest BCUT2D eigenvalue weighted by Crippen LogP contribution is -2.15. The van der Waals surface area contributed by atoms with Crippen LogP contribution in [0.2, 0.25) is 0 Å². The van der Waals surface area contributed by atoms with E-state index < -0.39 is 20.0 Å². The van der Waals surface area contributed by atoms with Crippen LogP contribution in [0.25, 0.3) is 11.0 Å². The number of anilines is 1. The molecule has 1 heterocycles. The number of rotatable bonds is 5. The Morgan fingerprint density at radius 1 is 0.767 bits per heavy atom. The van der Waals surface area contributed by atoms with Crippen molar-refractivity contribution in [2.75, 3.05) is 4.72 Å². The van der Waals surface area contributed by atoms with Gasteiger partial charge in [0.05, 0.1) is 15.5 Å². The summed E-state index contributed by atoms with van der Waals surface area (Å²) in [6.45, 7) is 3.71. The predicted octanol–water partition coefficient (Wildman–Crippen LogP) is 3.09. The summed E-state index contributed by atoms with van der Waals surface area (Å²) in [7, 11) is -7.87. The number of benzene rings is 3. The van der Waals surface area contributed by atoms with Crippen LogP contribution in [0.4, 0.5) is 5.69 Å². The molecule has 154 valence electrons. The van der Waals surface area contributed by atoms with Crippen LogP contribution in [0.1, 0.15) is 11.1 Å². The molecule has 30 heavy (non-hydrogen) atoms. The summed E-state index contributed by atoms with van der Waals surface area (Å²) in [5, 5.41) is 7.71. The minimum absolute atomic E-state index is 0.0607. The van der Waals surface area contributed by atoms with E-state index in [1.165, 1.54) is 36.4 Å². The summed E-state index contributed by atoms with van der Waals surface area (Å²) < 4.78 is 54.7. The van der Waals surface area contributed by atoms with Crippen molar-refractivity contribution in [1.29, 1.82) is 0 Å². The first-order valence-corrected chi connectivity index (χ1v) is 11.9. The Hall–Kier alpha value is -3.24. The van der Waals surface area contributed by atoms with Crippen LogP contribution in [-0.4, -0.2) is 31.2 Å². The van der Waals surface area contributed by atoms with E-state index in [1.807, 2.05) is 13.8 Å². The molecule has 0 aliphatic rings. The van der Waals surface area contributed by atoms with Crippen molar-refractivity contribution in [3.8, 4) is 0 Å². The molecule has 0 saturated heterocycles. The lowest BCUT2D eigenvalue weighted by molar-refractivity contribution is 0.579. The van der Waals surface area contributed by atoms with Crippen molar-refractivity contribution in [3.05, 3.63) is 77.9 Å². The largest absolute Gasteiger partial charge is 0.284 e. The molecule has 1 N–H and O–H groups in total. The topological polar surface area (TPSA) is 111 Å². The van der Waals surface area contributed by atoms with E-state index >= 15 is 0 Å².